The standard InChI is InChI=1S/C9H16N2O2/c1-5-10-8-3-2-6(12)4-7(8)9(13)11-5/h5-8,10,12H,2-4H2,1H3,(H,11,13). The van der Waals surface area contributed by atoms with Crippen molar-refractivity contribution in [1.29, 1.82) is 0 Å². The summed E-state index contributed by atoms with van der Waals surface area (Å²) >= 11 is 0. The molecule has 1 amide bonds. The molecule has 2 fully saturated rings. The molecule has 0 bridgehead atoms. The first-order chi connectivity index (χ1) is 6.16. The summed E-state index contributed by atoms with van der Waals surface area (Å²) in [6, 6.07) is 0.271. The molecule has 1 saturated heterocycles. The minimum atomic E-state index is -0.290. The van der Waals surface area contributed by atoms with Gasteiger partial charge in [-0.2, -0.15) is 0 Å². The minimum Gasteiger partial charge on any atom is -0.393 e. The van der Waals surface area contributed by atoms with Crippen molar-refractivity contribution in [3.05, 3.63) is 0 Å². The van der Waals surface area contributed by atoms with Crippen molar-refractivity contribution in [2.75, 3.05) is 0 Å². The molecule has 3 N–H and O–H groups in total. The van der Waals surface area contributed by atoms with Gasteiger partial charge in [0.25, 0.3) is 0 Å². The van der Waals surface area contributed by atoms with E-state index in [1.807, 2.05) is 6.92 Å². The molecule has 2 aliphatic rings. The highest BCUT2D eigenvalue weighted by Crippen LogP contribution is 2.27. The highest BCUT2D eigenvalue weighted by molar-refractivity contribution is 5.80. The molecule has 1 heterocycles. The molecule has 0 spiro atoms. The Kier molecular flexibility index (Phi) is 2.26. The molecule has 0 aromatic carbocycles. The second-order valence-corrected chi connectivity index (χ2v) is 4.08. The Morgan fingerprint density at radius 2 is 2.23 bits per heavy atom. The molecule has 1 aliphatic heterocycles. The fourth-order valence-electron chi connectivity index (χ4n) is 2.32. The van der Waals surface area contributed by atoms with Crippen LogP contribution in [0.5, 0.6) is 0 Å². The molecule has 0 aromatic rings. The van der Waals surface area contributed by atoms with Crippen LogP contribution in [0.3, 0.4) is 0 Å². The molecular weight excluding hydrogens is 168 g/mol. The van der Waals surface area contributed by atoms with E-state index in [2.05, 4.69) is 10.6 Å². The Morgan fingerprint density at radius 1 is 1.46 bits per heavy atom. The second-order valence-electron chi connectivity index (χ2n) is 4.08. The summed E-state index contributed by atoms with van der Waals surface area (Å²) in [6.07, 6.45) is 2.11. The van der Waals surface area contributed by atoms with E-state index in [4.69, 9.17) is 0 Å². The lowest BCUT2D eigenvalue weighted by Crippen LogP contribution is -2.62. The Labute approximate surface area is 77.7 Å². The van der Waals surface area contributed by atoms with Gasteiger partial charge in [-0.3, -0.25) is 10.1 Å². The molecular formula is C9H16N2O2. The summed E-state index contributed by atoms with van der Waals surface area (Å²) in [7, 11) is 0. The van der Waals surface area contributed by atoms with E-state index in [0.29, 0.717) is 6.42 Å². The predicted molar refractivity (Wildman–Crippen MR) is 47.9 cm³/mol. The van der Waals surface area contributed by atoms with Gasteiger partial charge in [-0.15, -0.1) is 0 Å². The van der Waals surface area contributed by atoms with Gasteiger partial charge in [-0.25, -0.2) is 0 Å². The number of aliphatic hydroxyl groups excluding tert-OH is 1. The van der Waals surface area contributed by atoms with Gasteiger partial charge in [0, 0.05) is 6.04 Å². The van der Waals surface area contributed by atoms with E-state index in [-0.39, 0.29) is 30.1 Å². The smallest absolute Gasteiger partial charge is 0.225 e. The summed E-state index contributed by atoms with van der Waals surface area (Å²) in [5.41, 5.74) is 0. The number of hydrogen-bond donors (Lipinski definition) is 3. The Hall–Kier alpha value is -0.610. The van der Waals surface area contributed by atoms with E-state index in [1.165, 1.54) is 0 Å². The maximum absolute atomic E-state index is 11.5. The molecule has 2 rings (SSSR count). The fourth-order valence-corrected chi connectivity index (χ4v) is 2.32. The molecule has 74 valence electrons. The number of carbonyl (C=O) groups is 1. The van der Waals surface area contributed by atoms with Crippen LogP contribution in [0.1, 0.15) is 26.2 Å². The zero-order chi connectivity index (χ0) is 9.42. The first-order valence-electron chi connectivity index (χ1n) is 4.91. The van der Waals surface area contributed by atoms with E-state index in [9.17, 15) is 9.90 Å². The number of hydrogen-bond acceptors (Lipinski definition) is 3. The van der Waals surface area contributed by atoms with Crippen molar-refractivity contribution >= 4 is 5.91 Å². The van der Waals surface area contributed by atoms with Gasteiger partial charge in [0.15, 0.2) is 0 Å². The Bertz CT molecular complexity index is 220. The lowest BCUT2D eigenvalue weighted by atomic mass is 9.81. The number of fused-ring (bicyclic) bond motifs is 1. The monoisotopic (exact) mass is 184 g/mol. The van der Waals surface area contributed by atoms with Gasteiger partial charge in [0.1, 0.15) is 0 Å². The molecule has 1 saturated carbocycles. The molecule has 1 aliphatic carbocycles. The fraction of sp³-hybridized carbons (Fsp3) is 0.889. The summed E-state index contributed by atoms with van der Waals surface area (Å²) in [4.78, 5) is 11.5. The van der Waals surface area contributed by atoms with Gasteiger partial charge < -0.3 is 10.4 Å². The van der Waals surface area contributed by atoms with E-state index < -0.39 is 0 Å². The number of aliphatic hydroxyl groups is 1. The lowest BCUT2D eigenvalue weighted by Gasteiger charge is -2.40. The normalized spacial score (nSPS) is 45.2. The number of carbonyl (C=O) groups excluding carboxylic acids is 1. The summed E-state index contributed by atoms with van der Waals surface area (Å²) in [5.74, 6) is 0.0648. The summed E-state index contributed by atoms with van der Waals surface area (Å²) in [5, 5.41) is 15.6. The molecule has 4 heteroatoms. The summed E-state index contributed by atoms with van der Waals surface area (Å²) < 4.78 is 0. The van der Waals surface area contributed by atoms with Crippen LogP contribution < -0.4 is 10.6 Å². The number of nitrogens with one attached hydrogen (secondary N) is 2. The van der Waals surface area contributed by atoms with Crippen molar-refractivity contribution in [2.45, 2.75) is 44.5 Å². The van der Waals surface area contributed by atoms with E-state index >= 15 is 0 Å². The first-order valence-corrected chi connectivity index (χ1v) is 4.91. The third-order valence-corrected chi connectivity index (χ3v) is 2.98. The van der Waals surface area contributed by atoms with Crippen molar-refractivity contribution in [3.63, 3.8) is 0 Å². The van der Waals surface area contributed by atoms with Crippen LogP contribution in [0.15, 0.2) is 0 Å². The van der Waals surface area contributed by atoms with Gasteiger partial charge in [0.05, 0.1) is 18.2 Å². The van der Waals surface area contributed by atoms with Crippen LogP contribution in [-0.4, -0.2) is 29.3 Å². The van der Waals surface area contributed by atoms with Gasteiger partial charge in [-0.05, 0) is 26.2 Å². The molecule has 13 heavy (non-hydrogen) atoms. The average Bonchev–Trinajstić information content (AvgIpc) is 2.06. The van der Waals surface area contributed by atoms with Crippen molar-refractivity contribution in [1.82, 2.24) is 10.6 Å². The highest BCUT2D eigenvalue weighted by atomic mass is 16.3. The topological polar surface area (TPSA) is 61.4 Å². The Balaban J connectivity index is 2.06. The first kappa shape index (κ1) is 8.97. The Morgan fingerprint density at radius 3 is 3.00 bits per heavy atom. The van der Waals surface area contributed by atoms with Crippen molar-refractivity contribution in [3.8, 4) is 0 Å². The van der Waals surface area contributed by atoms with Crippen LogP contribution in [-0.2, 0) is 4.79 Å². The quantitative estimate of drug-likeness (QED) is 0.479. The molecule has 0 aromatic heterocycles. The average molecular weight is 184 g/mol. The van der Waals surface area contributed by atoms with Crippen LogP contribution in [0.2, 0.25) is 0 Å². The largest absolute Gasteiger partial charge is 0.393 e. The highest BCUT2D eigenvalue weighted by Gasteiger charge is 2.38. The SMILES string of the molecule is CC1NC(=O)C2CC(O)CCC2N1. The maximum Gasteiger partial charge on any atom is 0.225 e. The van der Waals surface area contributed by atoms with Gasteiger partial charge in [0.2, 0.25) is 5.91 Å². The zero-order valence-corrected chi connectivity index (χ0v) is 7.79. The van der Waals surface area contributed by atoms with Crippen LogP contribution >= 0.6 is 0 Å². The molecule has 0 radical (unpaired) electrons. The van der Waals surface area contributed by atoms with Crippen molar-refractivity contribution in [2.24, 2.45) is 5.92 Å². The summed E-state index contributed by atoms with van der Waals surface area (Å²) in [6.45, 7) is 1.94. The maximum atomic E-state index is 11.5. The third kappa shape index (κ3) is 1.69. The van der Waals surface area contributed by atoms with Crippen LogP contribution in [0.25, 0.3) is 0 Å². The zero-order valence-electron chi connectivity index (χ0n) is 7.79. The van der Waals surface area contributed by atoms with Crippen LogP contribution in [0, 0.1) is 5.92 Å². The molecule has 4 unspecified atom stereocenters. The van der Waals surface area contributed by atoms with Gasteiger partial charge >= 0.3 is 0 Å². The second kappa shape index (κ2) is 3.27. The van der Waals surface area contributed by atoms with E-state index in [0.717, 1.165) is 12.8 Å². The molecule has 4 nitrogen and oxygen atoms in total. The minimum absolute atomic E-state index is 0.0278. The van der Waals surface area contributed by atoms with E-state index in [1.54, 1.807) is 0 Å². The number of amides is 1. The van der Waals surface area contributed by atoms with Gasteiger partial charge in [-0.1, -0.05) is 0 Å². The third-order valence-electron chi connectivity index (χ3n) is 2.98. The number of rotatable bonds is 0. The lowest BCUT2D eigenvalue weighted by molar-refractivity contribution is -0.132. The van der Waals surface area contributed by atoms with Crippen molar-refractivity contribution < 1.29 is 9.90 Å². The molecule has 4 atom stereocenters. The van der Waals surface area contributed by atoms with Crippen LogP contribution in [0.4, 0.5) is 0 Å². The predicted octanol–water partition coefficient (Wildman–Crippen LogP) is -0.419.